The van der Waals surface area contributed by atoms with Crippen LogP contribution < -0.4 is 4.90 Å². The average molecular weight is 371 g/mol. The molecule has 0 spiro atoms. The Hall–Kier alpha value is -0.0700. The van der Waals surface area contributed by atoms with Crippen LogP contribution in [0.15, 0.2) is 12.4 Å². The quantitative estimate of drug-likeness (QED) is 0.592. The van der Waals surface area contributed by atoms with Gasteiger partial charge in [-0.25, -0.2) is 0 Å². The van der Waals surface area contributed by atoms with Crippen LogP contribution in [0.4, 0.5) is 5.69 Å². The number of anilines is 1. The number of amides is 1. The van der Waals surface area contributed by atoms with Gasteiger partial charge in [-0.3, -0.25) is 9.78 Å². The highest BCUT2D eigenvalue weighted by Gasteiger charge is 2.32. The molecule has 0 saturated carbocycles. The minimum absolute atomic E-state index is 0.0802. The van der Waals surface area contributed by atoms with Gasteiger partial charge in [-0.15, -0.1) is 11.6 Å². The Kier molecular flexibility index (Phi) is 3.92. The summed E-state index contributed by atoms with van der Waals surface area (Å²) >= 11 is 14.0. The molecule has 1 aromatic rings. The van der Waals surface area contributed by atoms with Crippen molar-refractivity contribution in [2.24, 2.45) is 5.92 Å². The van der Waals surface area contributed by atoms with E-state index >= 15 is 0 Å². The number of alkyl halides is 1. The smallest absolute Gasteiger partial charge is 0.227 e. The molecule has 0 bridgehead atoms. The summed E-state index contributed by atoms with van der Waals surface area (Å²) in [5.41, 5.74) is 0.759. The average Bonchev–Trinajstić information content (AvgIpc) is 2.60. The summed E-state index contributed by atoms with van der Waals surface area (Å²) in [6.07, 6.45) is 3.75. The molecular weight excluding hydrogens is 362 g/mol. The van der Waals surface area contributed by atoms with E-state index < -0.39 is 0 Å². The minimum atomic E-state index is 0.0802. The summed E-state index contributed by atoms with van der Waals surface area (Å²) < 4.78 is 0.883. The van der Waals surface area contributed by atoms with E-state index in [-0.39, 0.29) is 11.8 Å². The Morgan fingerprint density at radius 2 is 2.31 bits per heavy atom. The number of rotatable bonds is 2. The van der Waals surface area contributed by atoms with Crippen molar-refractivity contribution in [3.05, 3.63) is 21.0 Å². The van der Waals surface area contributed by atoms with Gasteiger partial charge in [0.05, 0.1) is 14.3 Å². The van der Waals surface area contributed by atoms with Crippen LogP contribution in [0.25, 0.3) is 0 Å². The Morgan fingerprint density at radius 3 is 2.88 bits per heavy atom. The Bertz CT molecular complexity index is 407. The van der Waals surface area contributed by atoms with Gasteiger partial charge >= 0.3 is 0 Å². The van der Waals surface area contributed by atoms with Crippen molar-refractivity contribution in [1.29, 1.82) is 0 Å². The summed E-state index contributed by atoms with van der Waals surface area (Å²) in [7, 11) is 0. The third-order valence-electron chi connectivity index (χ3n) is 2.52. The first-order valence-electron chi connectivity index (χ1n) is 4.78. The van der Waals surface area contributed by atoms with Crippen molar-refractivity contribution in [2.75, 3.05) is 17.3 Å². The second-order valence-corrected chi connectivity index (χ2v) is 5.56. The first-order chi connectivity index (χ1) is 7.63. The molecule has 0 aliphatic carbocycles. The van der Waals surface area contributed by atoms with Crippen molar-refractivity contribution in [1.82, 2.24) is 4.98 Å². The molecule has 6 heteroatoms. The van der Waals surface area contributed by atoms with Crippen LogP contribution >= 0.6 is 45.8 Å². The summed E-state index contributed by atoms with van der Waals surface area (Å²) in [5, 5.41) is 0.510. The number of carbonyl (C=O) groups is 1. The zero-order chi connectivity index (χ0) is 11.7. The number of halogens is 3. The second kappa shape index (κ2) is 5.06. The maximum Gasteiger partial charge on any atom is 0.227 e. The van der Waals surface area contributed by atoms with Gasteiger partial charge in [0.1, 0.15) is 0 Å². The lowest BCUT2D eigenvalue weighted by Gasteiger charge is -2.19. The molecule has 0 aromatic carbocycles. The largest absolute Gasteiger partial charge is 0.310 e. The molecule has 1 aliphatic heterocycles. The van der Waals surface area contributed by atoms with Gasteiger partial charge in [0, 0.05) is 31.2 Å². The van der Waals surface area contributed by atoms with Gasteiger partial charge in [0.2, 0.25) is 5.91 Å². The molecule has 1 aliphatic rings. The molecule has 1 fully saturated rings. The Morgan fingerprint density at radius 1 is 1.56 bits per heavy atom. The molecule has 1 atom stereocenters. The van der Waals surface area contributed by atoms with Crippen molar-refractivity contribution >= 4 is 57.4 Å². The molecular formula is C10H9Cl2IN2O. The third kappa shape index (κ3) is 2.28. The van der Waals surface area contributed by atoms with E-state index in [0.717, 1.165) is 9.26 Å². The molecule has 1 saturated heterocycles. The minimum Gasteiger partial charge on any atom is -0.310 e. The van der Waals surface area contributed by atoms with Crippen LogP contribution in [0.5, 0.6) is 0 Å². The molecule has 0 N–H and O–H groups in total. The van der Waals surface area contributed by atoms with Crippen molar-refractivity contribution in [3.63, 3.8) is 0 Å². The van der Waals surface area contributed by atoms with Crippen LogP contribution in [0.2, 0.25) is 5.02 Å². The first-order valence-corrected chi connectivity index (χ1v) is 6.78. The molecule has 1 amide bonds. The van der Waals surface area contributed by atoms with E-state index in [0.29, 0.717) is 23.9 Å². The van der Waals surface area contributed by atoms with Crippen molar-refractivity contribution in [2.45, 2.75) is 6.42 Å². The van der Waals surface area contributed by atoms with Crippen molar-refractivity contribution in [3.8, 4) is 0 Å². The van der Waals surface area contributed by atoms with Gasteiger partial charge in [-0.05, 0) is 28.5 Å². The standard InChI is InChI=1S/C10H9Cl2IN2O/c11-2-6-1-9(16)15(5-6)10-7(12)3-14-4-8(10)13/h3-4,6H,1-2,5H2. The van der Waals surface area contributed by atoms with Gasteiger partial charge in [-0.1, -0.05) is 11.6 Å². The lowest BCUT2D eigenvalue weighted by molar-refractivity contribution is -0.117. The molecule has 86 valence electrons. The number of aromatic nitrogens is 1. The number of carbonyl (C=O) groups excluding carboxylic acids is 1. The van der Waals surface area contributed by atoms with E-state index in [1.54, 1.807) is 17.3 Å². The molecule has 16 heavy (non-hydrogen) atoms. The fourth-order valence-electron chi connectivity index (χ4n) is 1.76. The second-order valence-electron chi connectivity index (χ2n) is 3.68. The van der Waals surface area contributed by atoms with Gasteiger partial charge < -0.3 is 4.90 Å². The number of nitrogens with zero attached hydrogens (tertiary/aromatic N) is 2. The highest BCUT2D eigenvalue weighted by atomic mass is 127. The summed E-state index contributed by atoms with van der Waals surface area (Å²) in [4.78, 5) is 17.5. The Balaban J connectivity index is 2.35. The van der Waals surface area contributed by atoms with E-state index in [9.17, 15) is 4.79 Å². The molecule has 1 aromatic heterocycles. The number of hydrogen-bond donors (Lipinski definition) is 0. The zero-order valence-corrected chi connectivity index (χ0v) is 12.0. The normalized spacial score (nSPS) is 20.6. The van der Waals surface area contributed by atoms with Gasteiger partial charge in [0.25, 0.3) is 0 Å². The molecule has 1 unspecified atom stereocenters. The van der Waals surface area contributed by atoms with E-state index in [4.69, 9.17) is 23.2 Å². The molecule has 2 rings (SSSR count). The highest BCUT2D eigenvalue weighted by molar-refractivity contribution is 14.1. The topological polar surface area (TPSA) is 33.2 Å². The summed E-state index contributed by atoms with van der Waals surface area (Å²) in [6.45, 7) is 0.641. The molecule has 3 nitrogen and oxygen atoms in total. The lowest BCUT2D eigenvalue weighted by atomic mass is 10.1. The van der Waals surface area contributed by atoms with E-state index in [2.05, 4.69) is 27.6 Å². The predicted molar refractivity (Wildman–Crippen MR) is 73.1 cm³/mol. The van der Waals surface area contributed by atoms with Gasteiger partial charge in [0.15, 0.2) is 0 Å². The summed E-state index contributed by atoms with van der Waals surface area (Å²) in [5.74, 6) is 0.799. The third-order valence-corrected chi connectivity index (χ3v) is 4.02. The van der Waals surface area contributed by atoms with E-state index in [1.807, 2.05) is 0 Å². The monoisotopic (exact) mass is 370 g/mol. The summed E-state index contributed by atoms with van der Waals surface area (Å²) in [6, 6.07) is 0. The predicted octanol–water partition coefficient (Wildman–Crippen LogP) is 2.93. The Labute approximate surface area is 117 Å². The van der Waals surface area contributed by atoms with Crippen LogP contribution in [-0.2, 0) is 4.79 Å². The number of pyridine rings is 1. The molecule has 0 radical (unpaired) electrons. The van der Waals surface area contributed by atoms with E-state index in [1.165, 1.54) is 0 Å². The van der Waals surface area contributed by atoms with Crippen LogP contribution in [0, 0.1) is 9.49 Å². The maximum atomic E-state index is 11.8. The maximum absolute atomic E-state index is 11.8. The van der Waals surface area contributed by atoms with Crippen LogP contribution in [0.3, 0.4) is 0 Å². The van der Waals surface area contributed by atoms with Gasteiger partial charge in [-0.2, -0.15) is 0 Å². The number of hydrogen-bond acceptors (Lipinski definition) is 2. The van der Waals surface area contributed by atoms with Crippen LogP contribution in [-0.4, -0.2) is 23.3 Å². The molecule has 2 heterocycles. The van der Waals surface area contributed by atoms with Crippen molar-refractivity contribution < 1.29 is 4.79 Å². The highest BCUT2D eigenvalue weighted by Crippen LogP contribution is 2.34. The first kappa shape index (κ1) is 12.4. The fraction of sp³-hybridized carbons (Fsp3) is 0.400. The zero-order valence-electron chi connectivity index (χ0n) is 8.29. The lowest BCUT2D eigenvalue weighted by Crippen LogP contribution is -2.26. The van der Waals surface area contributed by atoms with Crippen LogP contribution in [0.1, 0.15) is 6.42 Å². The SMILES string of the molecule is O=C1CC(CCl)CN1c1c(Cl)cncc1I. The fourth-order valence-corrected chi connectivity index (χ4v) is 3.13.